The van der Waals surface area contributed by atoms with E-state index in [1.165, 1.54) is 6.42 Å². The van der Waals surface area contributed by atoms with Gasteiger partial charge >= 0.3 is 6.03 Å². The molecule has 2 fully saturated rings. The van der Waals surface area contributed by atoms with Crippen molar-refractivity contribution < 1.29 is 4.79 Å². The summed E-state index contributed by atoms with van der Waals surface area (Å²) < 4.78 is 0. The number of carbonyl (C=O) groups excluding carboxylic acids is 1. The lowest BCUT2D eigenvalue weighted by atomic mass is 9.98. The van der Waals surface area contributed by atoms with Gasteiger partial charge in [-0.3, -0.25) is 0 Å². The molecule has 0 saturated carbocycles. The average molecular weight is 169 g/mol. The zero-order valence-corrected chi connectivity index (χ0v) is 7.34. The van der Waals surface area contributed by atoms with Gasteiger partial charge in [0.15, 0.2) is 0 Å². The topological polar surface area (TPSA) is 44.4 Å². The SMILES string of the molecule is CNC1CCCN2C(=O)NCC12. The Morgan fingerprint density at radius 1 is 1.67 bits per heavy atom. The molecule has 0 aromatic carbocycles. The number of carbonyl (C=O) groups is 1. The number of nitrogens with one attached hydrogen (secondary N) is 2. The van der Waals surface area contributed by atoms with E-state index in [4.69, 9.17) is 0 Å². The molecule has 0 aromatic heterocycles. The third kappa shape index (κ3) is 1.06. The van der Waals surface area contributed by atoms with Crippen LogP contribution in [-0.4, -0.2) is 43.2 Å². The summed E-state index contributed by atoms with van der Waals surface area (Å²) >= 11 is 0. The van der Waals surface area contributed by atoms with Crippen LogP contribution in [0, 0.1) is 0 Å². The van der Waals surface area contributed by atoms with Crippen molar-refractivity contribution in [2.24, 2.45) is 0 Å². The second kappa shape index (κ2) is 2.94. The van der Waals surface area contributed by atoms with Crippen molar-refractivity contribution in [3.8, 4) is 0 Å². The number of nitrogens with zero attached hydrogens (tertiary/aromatic N) is 1. The van der Waals surface area contributed by atoms with Crippen LogP contribution in [0.15, 0.2) is 0 Å². The lowest BCUT2D eigenvalue weighted by Crippen LogP contribution is -2.51. The second-order valence-corrected chi connectivity index (χ2v) is 3.48. The van der Waals surface area contributed by atoms with Crippen LogP contribution in [0.3, 0.4) is 0 Å². The fourth-order valence-corrected chi connectivity index (χ4v) is 2.19. The highest BCUT2D eigenvalue weighted by Gasteiger charge is 2.37. The van der Waals surface area contributed by atoms with E-state index in [1.54, 1.807) is 0 Å². The average Bonchev–Trinajstić information content (AvgIpc) is 2.48. The minimum Gasteiger partial charge on any atom is -0.336 e. The summed E-state index contributed by atoms with van der Waals surface area (Å²) in [4.78, 5) is 13.2. The van der Waals surface area contributed by atoms with Crippen molar-refractivity contribution in [2.45, 2.75) is 24.9 Å². The lowest BCUT2D eigenvalue weighted by Gasteiger charge is -2.35. The lowest BCUT2D eigenvalue weighted by molar-refractivity contribution is 0.165. The monoisotopic (exact) mass is 169 g/mol. The Labute approximate surface area is 72.3 Å². The van der Waals surface area contributed by atoms with Crippen molar-refractivity contribution in [3.05, 3.63) is 0 Å². The number of piperidine rings is 1. The van der Waals surface area contributed by atoms with Gasteiger partial charge in [0.25, 0.3) is 0 Å². The molecule has 0 aliphatic carbocycles. The van der Waals surface area contributed by atoms with Crippen LogP contribution in [0.4, 0.5) is 4.79 Å². The van der Waals surface area contributed by atoms with Gasteiger partial charge in [0.2, 0.25) is 0 Å². The minimum atomic E-state index is 0.111. The normalized spacial score (nSPS) is 34.8. The summed E-state index contributed by atoms with van der Waals surface area (Å²) in [6.45, 7) is 1.74. The van der Waals surface area contributed by atoms with Gasteiger partial charge in [-0.05, 0) is 19.9 Å². The smallest absolute Gasteiger partial charge is 0.317 e. The van der Waals surface area contributed by atoms with Crippen molar-refractivity contribution >= 4 is 6.03 Å². The predicted octanol–water partition coefficient (Wildman–Crippen LogP) is -0.238. The predicted molar refractivity (Wildman–Crippen MR) is 46.0 cm³/mol. The molecule has 2 N–H and O–H groups in total. The molecular formula is C8H15N3O. The molecule has 0 spiro atoms. The quantitative estimate of drug-likeness (QED) is 0.569. The molecule has 0 aromatic rings. The highest BCUT2D eigenvalue weighted by atomic mass is 16.2. The van der Waals surface area contributed by atoms with Crippen LogP contribution in [-0.2, 0) is 0 Å². The Bertz CT molecular complexity index is 195. The molecule has 2 amide bonds. The molecule has 0 radical (unpaired) electrons. The molecule has 2 heterocycles. The van der Waals surface area contributed by atoms with Crippen LogP contribution in [0.1, 0.15) is 12.8 Å². The Morgan fingerprint density at radius 3 is 3.25 bits per heavy atom. The van der Waals surface area contributed by atoms with Gasteiger partial charge in [-0.1, -0.05) is 0 Å². The summed E-state index contributed by atoms with van der Waals surface area (Å²) in [5, 5.41) is 6.13. The third-order valence-electron chi connectivity index (χ3n) is 2.87. The van der Waals surface area contributed by atoms with E-state index in [9.17, 15) is 4.79 Å². The standard InChI is InChI=1S/C8H15N3O/c1-9-6-3-2-4-11-7(6)5-10-8(11)12/h6-7,9H,2-5H2,1H3,(H,10,12). The van der Waals surface area contributed by atoms with E-state index in [0.717, 1.165) is 19.5 Å². The summed E-state index contributed by atoms with van der Waals surface area (Å²) in [5.74, 6) is 0. The number of amides is 2. The Hall–Kier alpha value is -0.770. The van der Waals surface area contributed by atoms with E-state index >= 15 is 0 Å². The van der Waals surface area contributed by atoms with Gasteiger partial charge in [0.05, 0.1) is 6.04 Å². The van der Waals surface area contributed by atoms with E-state index in [-0.39, 0.29) is 6.03 Å². The molecule has 4 heteroatoms. The Morgan fingerprint density at radius 2 is 2.50 bits per heavy atom. The maximum absolute atomic E-state index is 11.3. The maximum atomic E-state index is 11.3. The molecule has 2 aliphatic rings. The zero-order chi connectivity index (χ0) is 8.55. The van der Waals surface area contributed by atoms with Crippen LogP contribution >= 0.6 is 0 Å². The molecule has 2 rings (SSSR count). The second-order valence-electron chi connectivity index (χ2n) is 3.48. The minimum absolute atomic E-state index is 0.111. The molecule has 2 saturated heterocycles. The number of fused-ring (bicyclic) bond motifs is 1. The van der Waals surface area contributed by atoms with Gasteiger partial charge in [0.1, 0.15) is 0 Å². The number of urea groups is 1. The molecule has 2 atom stereocenters. The number of hydrogen-bond acceptors (Lipinski definition) is 2. The van der Waals surface area contributed by atoms with E-state index in [2.05, 4.69) is 10.6 Å². The van der Waals surface area contributed by atoms with Crippen molar-refractivity contribution in [1.82, 2.24) is 15.5 Å². The van der Waals surface area contributed by atoms with Crippen LogP contribution in [0.5, 0.6) is 0 Å². The highest BCUT2D eigenvalue weighted by molar-refractivity contribution is 5.77. The summed E-state index contributed by atoms with van der Waals surface area (Å²) in [7, 11) is 1.97. The molecule has 2 aliphatic heterocycles. The van der Waals surface area contributed by atoms with Crippen LogP contribution < -0.4 is 10.6 Å². The first-order valence-electron chi connectivity index (χ1n) is 4.54. The molecule has 2 unspecified atom stereocenters. The third-order valence-corrected chi connectivity index (χ3v) is 2.87. The Kier molecular flexibility index (Phi) is 1.92. The summed E-state index contributed by atoms with van der Waals surface area (Å²) in [5.41, 5.74) is 0. The number of likely N-dealkylation sites (N-methyl/N-ethyl adjacent to an activating group) is 1. The zero-order valence-electron chi connectivity index (χ0n) is 7.34. The summed E-state index contributed by atoms with van der Waals surface area (Å²) in [6, 6.07) is 0.980. The van der Waals surface area contributed by atoms with Crippen LogP contribution in [0.2, 0.25) is 0 Å². The van der Waals surface area contributed by atoms with Crippen LogP contribution in [0.25, 0.3) is 0 Å². The van der Waals surface area contributed by atoms with Gasteiger partial charge in [-0.25, -0.2) is 4.79 Å². The fraction of sp³-hybridized carbons (Fsp3) is 0.875. The molecule has 68 valence electrons. The first-order valence-corrected chi connectivity index (χ1v) is 4.54. The Balaban J connectivity index is 2.09. The molecule has 12 heavy (non-hydrogen) atoms. The van der Waals surface area contributed by atoms with Gasteiger partial charge < -0.3 is 15.5 Å². The highest BCUT2D eigenvalue weighted by Crippen LogP contribution is 2.20. The fourth-order valence-electron chi connectivity index (χ4n) is 2.19. The van der Waals surface area contributed by atoms with Gasteiger partial charge in [-0.15, -0.1) is 0 Å². The molecule has 4 nitrogen and oxygen atoms in total. The van der Waals surface area contributed by atoms with E-state index in [1.807, 2.05) is 11.9 Å². The maximum Gasteiger partial charge on any atom is 0.317 e. The number of rotatable bonds is 1. The van der Waals surface area contributed by atoms with E-state index in [0.29, 0.717) is 12.1 Å². The number of hydrogen-bond donors (Lipinski definition) is 2. The van der Waals surface area contributed by atoms with Crippen molar-refractivity contribution in [2.75, 3.05) is 20.1 Å². The molecular weight excluding hydrogens is 154 g/mol. The van der Waals surface area contributed by atoms with Gasteiger partial charge in [-0.2, -0.15) is 0 Å². The van der Waals surface area contributed by atoms with Crippen molar-refractivity contribution in [1.29, 1.82) is 0 Å². The first-order chi connectivity index (χ1) is 5.83. The first kappa shape index (κ1) is 7.86. The summed E-state index contributed by atoms with van der Waals surface area (Å²) in [6.07, 6.45) is 2.31. The largest absolute Gasteiger partial charge is 0.336 e. The molecule has 0 bridgehead atoms. The van der Waals surface area contributed by atoms with Gasteiger partial charge in [0, 0.05) is 19.1 Å². The van der Waals surface area contributed by atoms with E-state index < -0.39 is 0 Å². The van der Waals surface area contributed by atoms with Crippen molar-refractivity contribution in [3.63, 3.8) is 0 Å².